The number of carbonyl (C=O) groups is 1. The Morgan fingerprint density at radius 3 is 2.40 bits per heavy atom. The lowest BCUT2D eigenvalue weighted by Crippen LogP contribution is -2.51. The Hall–Kier alpha value is -0.950. The molecular formula is C19H32O6. The van der Waals surface area contributed by atoms with Crippen LogP contribution in [0.4, 0.5) is 0 Å². The Balaban J connectivity index is 1.89. The molecule has 8 atom stereocenters. The van der Waals surface area contributed by atoms with Crippen LogP contribution in [0.25, 0.3) is 0 Å². The normalized spacial score (nSPS) is 38.7. The standard InChI is InChI=1S/C19H32O6/c1-10(7-17(21)22)6-16-19(24)18(23)14(9-25-16)8-13-4-5-15(13)11(2)12(3)20/h7,11-16,18-20,23-24H,4-6,8-9H2,1-3H3,(H,21,22)/b10-7+/t11-,12-,13-,14-,15?,16-,18+,19-/m0/s1. The first-order valence-electron chi connectivity index (χ1n) is 9.26. The molecule has 144 valence electrons. The molecule has 25 heavy (non-hydrogen) atoms. The first-order chi connectivity index (χ1) is 11.7. The Morgan fingerprint density at radius 1 is 1.20 bits per heavy atom. The smallest absolute Gasteiger partial charge is 0.328 e. The van der Waals surface area contributed by atoms with Gasteiger partial charge in [-0.1, -0.05) is 12.5 Å². The lowest BCUT2D eigenvalue weighted by molar-refractivity contribution is -0.170. The van der Waals surface area contributed by atoms with E-state index in [0.29, 0.717) is 30.4 Å². The van der Waals surface area contributed by atoms with E-state index in [1.54, 1.807) is 6.92 Å². The second kappa shape index (κ2) is 8.62. The molecule has 2 aliphatic rings. The number of aliphatic carboxylic acids is 1. The van der Waals surface area contributed by atoms with Crippen LogP contribution in [0.2, 0.25) is 0 Å². The molecule has 6 heteroatoms. The largest absolute Gasteiger partial charge is 0.478 e. The summed E-state index contributed by atoms with van der Waals surface area (Å²) in [5.74, 6) is 0.00317. The first kappa shape index (κ1) is 20.4. The number of rotatable bonds is 7. The summed E-state index contributed by atoms with van der Waals surface area (Å²) in [6.07, 6.45) is 1.59. The van der Waals surface area contributed by atoms with Crippen molar-refractivity contribution in [3.8, 4) is 0 Å². The van der Waals surface area contributed by atoms with Gasteiger partial charge in [-0.2, -0.15) is 0 Å². The van der Waals surface area contributed by atoms with Gasteiger partial charge in [-0.3, -0.25) is 0 Å². The molecule has 0 bridgehead atoms. The summed E-state index contributed by atoms with van der Waals surface area (Å²) in [5, 5.41) is 39.4. The summed E-state index contributed by atoms with van der Waals surface area (Å²) in [7, 11) is 0. The van der Waals surface area contributed by atoms with Crippen LogP contribution in [0.3, 0.4) is 0 Å². The van der Waals surface area contributed by atoms with E-state index in [9.17, 15) is 20.1 Å². The third-order valence-electron chi connectivity index (χ3n) is 6.15. The minimum absolute atomic E-state index is 0.121. The van der Waals surface area contributed by atoms with Gasteiger partial charge in [0.25, 0.3) is 0 Å². The SMILES string of the molecule is C/C(=C\C(=O)O)C[C@@H]1OC[C@H](C[C@@H]2CCC2[C@@H](C)[C@H](C)O)[C@@H](O)[C@H]1O. The molecule has 0 amide bonds. The van der Waals surface area contributed by atoms with Gasteiger partial charge in [-0.05, 0) is 57.3 Å². The van der Waals surface area contributed by atoms with Gasteiger partial charge in [0, 0.05) is 12.0 Å². The van der Waals surface area contributed by atoms with Crippen molar-refractivity contribution in [1.82, 2.24) is 0 Å². The molecule has 2 fully saturated rings. The third-order valence-corrected chi connectivity index (χ3v) is 6.15. The van der Waals surface area contributed by atoms with Crippen LogP contribution >= 0.6 is 0 Å². The Morgan fingerprint density at radius 2 is 1.88 bits per heavy atom. The van der Waals surface area contributed by atoms with Gasteiger partial charge in [-0.25, -0.2) is 4.79 Å². The van der Waals surface area contributed by atoms with Gasteiger partial charge in [0.1, 0.15) is 6.10 Å². The molecule has 0 aromatic rings. The minimum atomic E-state index is -1.02. The predicted molar refractivity (Wildman–Crippen MR) is 92.9 cm³/mol. The first-order valence-corrected chi connectivity index (χ1v) is 9.26. The molecule has 1 saturated heterocycles. The molecule has 4 N–H and O–H groups in total. The van der Waals surface area contributed by atoms with E-state index in [0.717, 1.165) is 25.3 Å². The zero-order chi connectivity index (χ0) is 18.7. The highest BCUT2D eigenvalue weighted by atomic mass is 16.5. The summed E-state index contributed by atoms with van der Waals surface area (Å²) >= 11 is 0. The molecule has 2 rings (SSSR count). The maximum Gasteiger partial charge on any atom is 0.328 e. The van der Waals surface area contributed by atoms with E-state index in [4.69, 9.17) is 9.84 Å². The van der Waals surface area contributed by atoms with Crippen LogP contribution in [0, 0.1) is 23.7 Å². The zero-order valence-corrected chi connectivity index (χ0v) is 15.3. The molecule has 0 aromatic carbocycles. The van der Waals surface area contributed by atoms with E-state index in [1.165, 1.54) is 0 Å². The van der Waals surface area contributed by atoms with E-state index < -0.39 is 24.3 Å². The van der Waals surface area contributed by atoms with Crippen molar-refractivity contribution in [1.29, 1.82) is 0 Å². The van der Waals surface area contributed by atoms with Crippen molar-refractivity contribution < 1.29 is 30.0 Å². The van der Waals surface area contributed by atoms with Crippen LogP contribution in [0.15, 0.2) is 11.6 Å². The second-order valence-corrected chi connectivity index (χ2v) is 7.98. The fourth-order valence-corrected chi connectivity index (χ4v) is 4.24. The molecule has 1 unspecified atom stereocenters. The summed E-state index contributed by atoms with van der Waals surface area (Å²) in [5.41, 5.74) is 0.604. The summed E-state index contributed by atoms with van der Waals surface area (Å²) < 4.78 is 5.74. The minimum Gasteiger partial charge on any atom is -0.478 e. The monoisotopic (exact) mass is 356 g/mol. The van der Waals surface area contributed by atoms with Crippen molar-refractivity contribution in [2.45, 2.75) is 70.9 Å². The van der Waals surface area contributed by atoms with Crippen LogP contribution in [0.1, 0.15) is 46.5 Å². The van der Waals surface area contributed by atoms with Crippen LogP contribution in [-0.4, -0.2) is 57.4 Å². The Bertz CT molecular complexity index is 488. The third kappa shape index (κ3) is 5.03. The molecule has 1 heterocycles. The topological polar surface area (TPSA) is 107 Å². The number of carboxylic acid groups (broad SMARTS) is 1. The van der Waals surface area contributed by atoms with Crippen LogP contribution < -0.4 is 0 Å². The zero-order valence-electron chi connectivity index (χ0n) is 15.3. The van der Waals surface area contributed by atoms with Gasteiger partial charge in [0.15, 0.2) is 0 Å². The molecular weight excluding hydrogens is 324 g/mol. The van der Waals surface area contributed by atoms with E-state index >= 15 is 0 Å². The number of aliphatic hydroxyl groups excluding tert-OH is 3. The molecule has 0 spiro atoms. The number of aliphatic hydroxyl groups is 3. The number of carboxylic acids is 1. The van der Waals surface area contributed by atoms with E-state index in [-0.39, 0.29) is 17.9 Å². The van der Waals surface area contributed by atoms with Crippen molar-refractivity contribution >= 4 is 5.97 Å². The van der Waals surface area contributed by atoms with Gasteiger partial charge >= 0.3 is 5.97 Å². The van der Waals surface area contributed by atoms with E-state index in [2.05, 4.69) is 6.92 Å². The van der Waals surface area contributed by atoms with Gasteiger partial charge in [0.2, 0.25) is 0 Å². The van der Waals surface area contributed by atoms with Crippen molar-refractivity contribution in [2.75, 3.05) is 6.61 Å². The summed E-state index contributed by atoms with van der Waals surface area (Å²) in [6, 6.07) is 0. The lowest BCUT2D eigenvalue weighted by Gasteiger charge is -2.46. The Kier molecular flexibility index (Phi) is 7.02. The van der Waals surface area contributed by atoms with Gasteiger partial charge in [0.05, 0.1) is 24.9 Å². The van der Waals surface area contributed by atoms with Crippen molar-refractivity contribution in [3.05, 3.63) is 11.6 Å². The molecule has 1 saturated carbocycles. The number of ether oxygens (including phenoxy) is 1. The fourth-order valence-electron chi connectivity index (χ4n) is 4.24. The maximum absolute atomic E-state index is 10.7. The van der Waals surface area contributed by atoms with Crippen LogP contribution in [-0.2, 0) is 9.53 Å². The number of hydrogen-bond donors (Lipinski definition) is 4. The van der Waals surface area contributed by atoms with Crippen molar-refractivity contribution in [3.63, 3.8) is 0 Å². The molecule has 1 aliphatic carbocycles. The average Bonchev–Trinajstić information content (AvgIpc) is 2.49. The second-order valence-electron chi connectivity index (χ2n) is 7.98. The predicted octanol–water partition coefficient (Wildman–Crippen LogP) is 1.58. The maximum atomic E-state index is 10.7. The summed E-state index contributed by atoms with van der Waals surface area (Å²) in [4.78, 5) is 10.7. The number of hydrogen-bond acceptors (Lipinski definition) is 5. The van der Waals surface area contributed by atoms with Crippen molar-refractivity contribution in [2.24, 2.45) is 23.7 Å². The van der Waals surface area contributed by atoms with Crippen LogP contribution in [0.5, 0.6) is 0 Å². The summed E-state index contributed by atoms with van der Waals surface area (Å²) in [6.45, 7) is 5.94. The average molecular weight is 356 g/mol. The molecule has 1 aliphatic heterocycles. The van der Waals surface area contributed by atoms with Gasteiger partial charge < -0.3 is 25.2 Å². The quantitative estimate of drug-likeness (QED) is 0.516. The molecule has 0 aromatic heterocycles. The highest BCUT2D eigenvalue weighted by Gasteiger charge is 2.43. The molecule has 0 radical (unpaired) electrons. The fraction of sp³-hybridized carbons (Fsp3) is 0.842. The Labute approximate surface area is 149 Å². The molecule has 6 nitrogen and oxygen atoms in total. The highest BCUT2D eigenvalue weighted by molar-refractivity contribution is 5.80. The van der Waals surface area contributed by atoms with E-state index in [1.807, 2.05) is 6.92 Å². The highest BCUT2D eigenvalue weighted by Crippen LogP contribution is 2.45. The lowest BCUT2D eigenvalue weighted by atomic mass is 9.63. The van der Waals surface area contributed by atoms with Gasteiger partial charge in [-0.15, -0.1) is 0 Å².